The van der Waals surface area contributed by atoms with E-state index < -0.39 is 0 Å². The molecule has 21 heavy (non-hydrogen) atoms. The fraction of sp³-hybridized carbons (Fsp3) is 0.500. The summed E-state index contributed by atoms with van der Waals surface area (Å²) in [5.74, 6) is 0.562. The number of rotatable bonds is 3. The summed E-state index contributed by atoms with van der Waals surface area (Å²) in [5.41, 5.74) is 8.66. The minimum absolute atomic E-state index is 0.454. The number of pyridine rings is 1. The number of aromatic nitrogens is 1. The zero-order valence-corrected chi connectivity index (χ0v) is 12.4. The quantitative estimate of drug-likeness (QED) is 0.940. The maximum Gasteiger partial charge on any atom is 0.0749 e. The Hall–Kier alpha value is -1.45. The van der Waals surface area contributed by atoms with Gasteiger partial charge >= 0.3 is 0 Å². The normalized spacial score (nSPS) is 27.1. The van der Waals surface area contributed by atoms with Gasteiger partial charge in [-0.05, 0) is 56.3 Å². The second kappa shape index (κ2) is 5.39. The Bertz CT molecular complexity index is 630. The first-order valence-corrected chi connectivity index (χ1v) is 8.18. The lowest BCUT2D eigenvalue weighted by atomic mass is 9.83. The second-order valence-electron chi connectivity index (χ2n) is 6.47. The SMILES string of the molecule is NCC1CCCN(C2CC2)C1c1cccc2cccnc12. The molecule has 3 heteroatoms. The fourth-order valence-electron chi connectivity index (χ4n) is 3.97. The van der Waals surface area contributed by atoms with E-state index in [0.29, 0.717) is 12.0 Å². The monoisotopic (exact) mass is 281 g/mol. The lowest BCUT2D eigenvalue weighted by molar-refractivity contribution is 0.0888. The molecule has 1 aromatic carbocycles. The average Bonchev–Trinajstić information content (AvgIpc) is 3.38. The molecule has 2 fully saturated rings. The van der Waals surface area contributed by atoms with Gasteiger partial charge in [-0.25, -0.2) is 0 Å². The molecule has 0 bridgehead atoms. The molecule has 2 aliphatic rings. The number of fused-ring (bicyclic) bond motifs is 1. The number of benzene rings is 1. The Morgan fingerprint density at radius 1 is 1.14 bits per heavy atom. The summed E-state index contributed by atoms with van der Waals surface area (Å²) in [6.07, 6.45) is 7.15. The third-order valence-corrected chi connectivity index (χ3v) is 5.10. The van der Waals surface area contributed by atoms with Crippen molar-refractivity contribution < 1.29 is 0 Å². The predicted molar refractivity (Wildman–Crippen MR) is 86.0 cm³/mol. The molecule has 1 aliphatic carbocycles. The smallest absolute Gasteiger partial charge is 0.0749 e. The van der Waals surface area contributed by atoms with E-state index in [1.165, 1.54) is 43.2 Å². The highest BCUT2D eigenvalue weighted by molar-refractivity contribution is 5.82. The van der Waals surface area contributed by atoms with E-state index in [4.69, 9.17) is 5.73 Å². The molecule has 2 unspecified atom stereocenters. The van der Waals surface area contributed by atoms with Crippen LogP contribution in [0.2, 0.25) is 0 Å². The van der Waals surface area contributed by atoms with Crippen LogP contribution in [0, 0.1) is 5.92 Å². The number of hydrogen-bond donors (Lipinski definition) is 1. The maximum atomic E-state index is 6.11. The molecule has 2 atom stereocenters. The van der Waals surface area contributed by atoms with Crippen molar-refractivity contribution in [1.82, 2.24) is 9.88 Å². The number of nitrogens with zero attached hydrogens (tertiary/aromatic N) is 2. The Labute approximate surface area is 126 Å². The van der Waals surface area contributed by atoms with Crippen LogP contribution in [-0.2, 0) is 0 Å². The van der Waals surface area contributed by atoms with Gasteiger partial charge in [-0.2, -0.15) is 0 Å². The van der Waals surface area contributed by atoms with Crippen molar-refractivity contribution >= 4 is 10.9 Å². The number of nitrogens with two attached hydrogens (primary N) is 1. The van der Waals surface area contributed by atoms with E-state index >= 15 is 0 Å². The van der Waals surface area contributed by atoms with Crippen LogP contribution in [0.3, 0.4) is 0 Å². The van der Waals surface area contributed by atoms with Crippen LogP contribution in [0.4, 0.5) is 0 Å². The summed E-state index contributed by atoms with van der Waals surface area (Å²) in [5, 5.41) is 1.24. The topological polar surface area (TPSA) is 42.1 Å². The summed E-state index contributed by atoms with van der Waals surface area (Å²) in [6.45, 7) is 1.99. The third-order valence-electron chi connectivity index (χ3n) is 5.10. The maximum absolute atomic E-state index is 6.11. The average molecular weight is 281 g/mol. The molecule has 4 rings (SSSR count). The van der Waals surface area contributed by atoms with E-state index in [2.05, 4.69) is 34.1 Å². The van der Waals surface area contributed by atoms with Crippen molar-refractivity contribution in [1.29, 1.82) is 0 Å². The van der Waals surface area contributed by atoms with Crippen LogP contribution >= 0.6 is 0 Å². The van der Waals surface area contributed by atoms with Gasteiger partial charge in [0.2, 0.25) is 0 Å². The molecule has 110 valence electrons. The van der Waals surface area contributed by atoms with Crippen LogP contribution < -0.4 is 5.73 Å². The largest absolute Gasteiger partial charge is 0.330 e. The molecule has 1 saturated heterocycles. The van der Waals surface area contributed by atoms with Gasteiger partial charge in [0, 0.05) is 23.7 Å². The van der Waals surface area contributed by atoms with Crippen molar-refractivity contribution in [3.63, 3.8) is 0 Å². The molecule has 0 amide bonds. The molecule has 2 heterocycles. The number of para-hydroxylation sites is 1. The van der Waals surface area contributed by atoms with Crippen LogP contribution in [0.1, 0.15) is 37.3 Å². The zero-order chi connectivity index (χ0) is 14.2. The summed E-state index contributed by atoms with van der Waals surface area (Å²) in [7, 11) is 0. The molecular formula is C18H23N3. The summed E-state index contributed by atoms with van der Waals surface area (Å²) in [4.78, 5) is 7.38. The van der Waals surface area contributed by atoms with Gasteiger partial charge < -0.3 is 5.73 Å². The van der Waals surface area contributed by atoms with Gasteiger partial charge in [-0.1, -0.05) is 24.3 Å². The van der Waals surface area contributed by atoms with Crippen LogP contribution in [0.5, 0.6) is 0 Å². The van der Waals surface area contributed by atoms with Crippen LogP contribution in [0.25, 0.3) is 10.9 Å². The summed E-state index contributed by atoms with van der Waals surface area (Å²) in [6, 6.07) is 12.0. The van der Waals surface area contributed by atoms with Gasteiger partial charge in [-0.3, -0.25) is 9.88 Å². The van der Waals surface area contributed by atoms with Crippen molar-refractivity contribution in [2.45, 2.75) is 37.8 Å². The first-order valence-electron chi connectivity index (χ1n) is 8.18. The standard InChI is InChI=1S/C18H23N3/c19-12-14-6-3-11-21(15-8-9-15)18(14)16-7-1-4-13-5-2-10-20-17(13)16/h1-2,4-5,7,10,14-15,18H,3,6,8-9,11-12,19H2. The highest BCUT2D eigenvalue weighted by Crippen LogP contribution is 2.43. The van der Waals surface area contributed by atoms with Crippen LogP contribution in [0.15, 0.2) is 36.5 Å². The molecule has 0 spiro atoms. The van der Waals surface area contributed by atoms with E-state index in [0.717, 1.165) is 18.1 Å². The molecule has 1 aliphatic heterocycles. The van der Waals surface area contributed by atoms with E-state index in [1.807, 2.05) is 12.3 Å². The lowest BCUT2D eigenvalue weighted by Gasteiger charge is -2.42. The Balaban J connectivity index is 1.82. The molecule has 1 saturated carbocycles. The molecule has 2 N–H and O–H groups in total. The number of piperidine rings is 1. The second-order valence-corrected chi connectivity index (χ2v) is 6.47. The first kappa shape index (κ1) is 13.2. The number of likely N-dealkylation sites (tertiary alicyclic amines) is 1. The van der Waals surface area contributed by atoms with Gasteiger partial charge in [0.1, 0.15) is 0 Å². The fourth-order valence-corrected chi connectivity index (χ4v) is 3.97. The third kappa shape index (κ3) is 2.34. The Morgan fingerprint density at radius 3 is 2.81 bits per heavy atom. The van der Waals surface area contributed by atoms with Crippen molar-refractivity contribution in [3.05, 3.63) is 42.1 Å². The highest BCUT2D eigenvalue weighted by atomic mass is 15.2. The zero-order valence-electron chi connectivity index (χ0n) is 12.4. The minimum atomic E-state index is 0.454. The Kier molecular flexibility index (Phi) is 3.40. The van der Waals surface area contributed by atoms with Crippen molar-refractivity contribution in [2.75, 3.05) is 13.1 Å². The minimum Gasteiger partial charge on any atom is -0.330 e. The Morgan fingerprint density at radius 2 is 2.00 bits per heavy atom. The van der Waals surface area contributed by atoms with E-state index in [9.17, 15) is 0 Å². The molecular weight excluding hydrogens is 258 g/mol. The highest BCUT2D eigenvalue weighted by Gasteiger charge is 2.40. The lowest BCUT2D eigenvalue weighted by Crippen LogP contribution is -2.42. The van der Waals surface area contributed by atoms with E-state index in [1.54, 1.807) is 0 Å². The summed E-state index contributed by atoms with van der Waals surface area (Å²) >= 11 is 0. The number of hydrogen-bond acceptors (Lipinski definition) is 3. The van der Waals surface area contributed by atoms with Crippen LogP contribution in [-0.4, -0.2) is 29.0 Å². The van der Waals surface area contributed by atoms with Gasteiger partial charge in [-0.15, -0.1) is 0 Å². The molecule has 2 aromatic rings. The summed E-state index contributed by atoms with van der Waals surface area (Å²) < 4.78 is 0. The van der Waals surface area contributed by atoms with E-state index in [-0.39, 0.29) is 0 Å². The first-order chi connectivity index (χ1) is 10.4. The van der Waals surface area contributed by atoms with Crippen molar-refractivity contribution in [3.8, 4) is 0 Å². The predicted octanol–water partition coefficient (Wildman–Crippen LogP) is 3.11. The van der Waals surface area contributed by atoms with Crippen molar-refractivity contribution in [2.24, 2.45) is 11.7 Å². The molecule has 3 nitrogen and oxygen atoms in total. The molecule has 0 radical (unpaired) electrons. The van der Waals surface area contributed by atoms with Gasteiger partial charge in [0.25, 0.3) is 0 Å². The van der Waals surface area contributed by atoms with Gasteiger partial charge in [0.15, 0.2) is 0 Å². The van der Waals surface area contributed by atoms with Gasteiger partial charge in [0.05, 0.1) is 5.52 Å². The molecule has 1 aromatic heterocycles.